The predicted molar refractivity (Wildman–Crippen MR) is 75.5 cm³/mol. The molecule has 0 unspecified atom stereocenters. The summed E-state index contributed by atoms with van der Waals surface area (Å²) in [6, 6.07) is 10.1. The van der Waals surface area contributed by atoms with Crippen molar-refractivity contribution in [1.82, 2.24) is 4.90 Å². The summed E-state index contributed by atoms with van der Waals surface area (Å²) in [5.41, 5.74) is 1.15. The van der Waals surface area contributed by atoms with E-state index in [-0.39, 0.29) is 0 Å². The largest absolute Gasteiger partial charge is 0.368 e. The number of carbonyl (C=O) groups excluding carboxylic acids is 1. The average molecular weight is 308 g/mol. The van der Waals surface area contributed by atoms with Gasteiger partial charge in [0, 0.05) is 31.9 Å². The predicted octanol–water partition coefficient (Wildman–Crippen LogP) is 2.71. The van der Waals surface area contributed by atoms with Gasteiger partial charge in [0.15, 0.2) is 0 Å². The fourth-order valence-corrected chi connectivity index (χ4v) is 2.34. The summed E-state index contributed by atoms with van der Waals surface area (Å²) >= 11 is 16.8. The van der Waals surface area contributed by atoms with Gasteiger partial charge in [-0.25, -0.2) is 0 Å². The Morgan fingerprint density at radius 3 is 2.06 bits per heavy atom. The van der Waals surface area contributed by atoms with Crippen molar-refractivity contribution in [1.29, 1.82) is 0 Å². The van der Waals surface area contributed by atoms with Crippen LogP contribution in [0.3, 0.4) is 0 Å². The first-order chi connectivity index (χ1) is 8.48. The van der Waals surface area contributed by atoms with Gasteiger partial charge in [-0.1, -0.05) is 53.0 Å². The van der Waals surface area contributed by atoms with Crippen LogP contribution in [-0.4, -0.2) is 40.8 Å². The van der Waals surface area contributed by atoms with E-state index in [1.165, 1.54) is 0 Å². The third kappa shape index (κ3) is 3.22. The van der Waals surface area contributed by atoms with Crippen LogP contribution in [0.4, 0.5) is 5.69 Å². The number of hydrogen-bond donors (Lipinski definition) is 0. The van der Waals surface area contributed by atoms with Crippen LogP contribution in [0, 0.1) is 0 Å². The maximum atomic E-state index is 11.8. The van der Waals surface area contributed by atoms with Gasteiger partial charge in [0.2, 0.25) is 0 Å². The molecule has 3 nitrogen and oxygen atoms in total. The van der Waals surface area contributed by atoms with Crippen molar-refractivity contribution in [3.63, 3.8) is 0 Å². The second-order valence-corrected chi connectivity index (χ2v) is 6.39. The number of amides is 1. The molecule has 1 heterocycles. The maximum absolute atomic E-state index is 11.8. The molecule has 2 rings (SSSR count). The Morgan fingerprint density at radius 1 is 1.00 bits per heavy atom. The highest BCUT2D eigenvalue weighted by Crippen LogP contribution is 2.29. The van der Waals surface area contributed by atoms with E-state index in [4.69, 9.17) is 34.8 Å². The molecule has 1 aromatic rings. The van der Waals surface area contributed by atoms with E-state index in [1.54, 1.807) is 4.90 Å². The highest BCUT2D eigenvalue weighted by molar-refractivity contribution is 6.76. The lowest BCUT2D eigenvalue weighted by Crippen LogP contribution is -2.51. The third-order valence-electron chi connectivity index (χ3n) is 2.93. The van der Waals surface area contributed by atoms with Crippen LogP contribution in [-0.2, 0) is 4.79 Å². The number of benzene rings is 1. The Balaban J connectivity index is 1.95. The smallest absolute Gasteiger partial charge is 0.274 e. The summed E-state index contributed by atoms with van der Waals surface area (Å²) in [7, 11) is 0. The number of rotatable bonds is 1. The van der Waals surface area contributed by atoms with E-state index >= 15 is 0 Å². The Kier molecular flexibility index (Phi) is 4.25. The van der Waals surface area contributed by atoms with Crippen molar-refractivity contribution in [2.24, 2.45) is 0 Å². The van der Waals surface area contributed by atoms with Crippen LogP contribution in [0.15, 0.2) is 30.3 Å². The van der Waals surface area contributed by atoms with Gasteiger partial charge in [0.1, 0.15) is 0 Å². The zero-order valence-electron chi connectivity index (χ0n) is 9.65. The highest BCUT2D eigenvalue weighted by Gasteiger charge is 2.36. The Bertz CT molecular complexity index is 411. The second-order valence-electron chi connectivity index (χ2n) is 4.11. The minimum absolute atomic E-state index is 0.444. The van der Waals surface area contributed by atoms with E-state index in [0.29, 0.717) is 13.1 Å². The summed E-state index contributed by atoms with van der Waals surface area (Å²) in [6.45, 7) is 2.64. The minimum Gasteiger partial charge on any atom is -0.368 e. The quantitative estimate of drug-likeness (QED) is 0.745. The number of nitrogens with zero attached hydrogens (tertiary/aromatic N) is 2. The van der Waals surface area contributed by atoms with Crippen molar-refractivity contribution < 1.29 is 4.79 Å². The topological polar surface area (TPSA) is 23.6 Å². The molecule has 0 aliphatic carbocycles. The first-order valence-corrected chi connectivity index (χ1v) is 6.78. The molecule has 6 heteroatoms. The second kappa shape index (κ2) is 5.55. The SMILES string of the molecule is O=C(N1CCN(c2ccccc2)CC1)C(Cl)(Cl)Cl. The summed E-state index contributed by atoms with van der Waals surface area (Å²) < 4.78 is -1.85. The van der Waals surface area contributed by atoms with Crippen molar-refractivity contribution in [3.8, 4) is 0 Å². The molecule has 18 heavy (non-hydrogen) atoms. The number of hydrogen-bond acceptors (Lipinski definition) is 2. The van der Waals surface area contributed by atoms with Crippen LogP contribution >= 0.6 is 34.8 Å². The third-order valence-corrected chi connectivity index (χ3v) is 3.42. The standard InChI is InChI=1S/C12H13Cl3N2O/c13-12(14,15)11(18)17-8-6-16(7-9-17)10-4-2-1-3-5-10/h1-5H,6-9H2. The molecule has 0 N–H and O–H groups in total. The van der Waals surface area contributed by atoms with Gasteiger partial charge in [-0.3, -0.25) is 4.79 Å². The molecule has 1 saturated heterocycles. The number of halogens is 3. The van der Waals surface area contributed by atoms with Gasteiger partial charge in [-0.2, -0.15) is 0 Å². The molecule has 0 saturated carbocycles. The van der Waals surface area contributed by atoms with Gasteiger partial charge in [-0.15, -0.1) is 0 Å². The molecular formula is C12H13Cl3N2O. The molecule has 0 spiro atoms. The molecule has 0 radical (unpaired) electrons. The van der Waals surface area contributed by atoms with Crippen molar-refractivity contribution in [3.05, 3.63) is 30.3 Å². The van der Waals surface area contributed by atoms with Crippen molar-refractivity contribution in [2.75, 3.05) is 31.1 Å². The fourth-order valence-electron chi connectivity index (χ4n) is 1.99. The molecule has 1 aliphatic rings. The Morgan fingerprint density at radius 2 is 1.56 bits per heavy atom. The molecule has 0 aromatic heterocycles. The molecule has 0 atom stereocenters. The molecular weight excluding hydrogens is 295 g/mol. The number of piperazine rings is 1. The Labute approximate surface area is 121 Å². The van der Waals surface area contributed by atoms with Gasteiger partial charge in [-0.05, 0) is 12.1 Å². The van der Waals surface area contributed by atoms with Gasteiger partial charge in [0.25, 0.3) is 9.70 Å². The minimum atomic E-state index is -1.85. The summed E-state index contributed by atoms with van der Waals surface area (Å²) in [5, 5.41) is 0. The zero-order chi connectivity index (χ0) is 13.2. The van der Waals surface area contributed by atoms with E-state index in [0.717, 1.165) is 18.8 Å². The zero-order valence-corrected chi connectivity index (χ0v) is 11.9. The van der Waals surface area contributed by atoms with Crippen LogP contribution in [0.1, 0.15) is 0 Å². The van der Waals surface area contributed by atoms with E-state index < -0.39 is 9.70 Å². The van der Waals surface area contributed by atoms with Crippen LogP contribution in [0.2, 0.25) is 0 Å². The normalized spacial score (nSPS) is 16.8. The molecule has 1 amide bonds. The summed E-state index contributed by atoms with van der Waals surface area (Å²) in [4.78, 5) is 15.6. The highest BCUT2D eigenvalue weighted by atomic mass is 35.6. The molecule has 1 aliphatic heterocycles. The summed E-state index contributed by atoms with van der Waals surface area (Å²) in [5.74, 6) is -0.444. The monoisotopic (exact) mass is 306 g/mol. The van der Waals surface area contributed by atoms with Crippen LogP contribution < -0.4 is 4.90 Å². The molecule has 1 aromatic carbocycles. The Hall–Kier alpha value is -0.640. The van der Waals surface area contributed by atoms with E-state index in [2.05, 4.69) is 4.90 Å². The molecule has 0 bridgehead atoms. The average Bonchev–Trinajstić information content (AvgIpc) is 2.38. The number of alkyl halides is 3. The number of para-hydroxylation sites is 1. The summed E-state index contributed by atoms with van der Waals surface area (Å²) in [6.07, 6.45) is 0. The van der Waals surface area contributed by atoms with Crippen LogP contribution in [0.25, 0.3) is 0 Å². The van der Waals surface area contributed by atoms with Gasteiger partial charge >= 0.3 is 0 Å². The van der Waals surface area contributed by atoms with Gasteiger partial charge < -0.3 is 9.80 Å². The first kappa shape index (κ1) is 13.8. The van der Waals surface area contributed by atoms with Gasteiger partial charge in [0.05, 0.1) is 0 Å². The number of carbonyl (C=O) groups is 1. The van der Waals surface area contributed by atoms with Crippen molar-refractivity contribution in [2.45, 2.75) is 3.79 Å². The lowest BCUT2D eigenvalue weighted by Gasteiger charge is -2.37. The fraction of sp³-hybridized carbons (Fsp3) is 0.417. The first-order valence-electron chi connectivity index (χ1n) is 5.64. The lowest BCUT2D eigenvalue weighted by molar-refractivity contribution is -0.130. The molecule has 98 valence electrons. The maximum Gasteiger partial charge on any atom is 0.274 e. The van der Waals surface area contributed by atoms with E-state index in [1.807, 2.05) is 30.3 Å². The number of anilines is 1. The van der Waals surface area contributed by atoms with Crippen molar-refractivity contribution >= 4 is 46.4 Å². The lowest BCUT2D eigenvalue weighted by atomic mass is 10.2. The van der Waals surface area contributed by atoms with Crippen LogP contribution in [0.5, 0.6) is 0 Å². The molecule has 1 fully saturated rings. The van der Waals surface area contributed by atoms with E-state index in [9.17, 15) is 4.79 Å².